The summed E-state index contributed by atoms with van der Waals surface area (Å²) < 4.78 is 0. The molecule has 1 aromatic rings. The van der Waals surface area contributed by atoms with Gasteiger partial charge in [0.25, 0.3) is 0 Å². The van der Waals surface area contributed by atoms with Crippen LogP contribution in [-0.4, -0.2) is 40.9 Å². The first kappa shape index (κ1) is 15.9. The summed E-state index contributed by atoms with van der Waals surface area (Å²) in [7, 11) is 0. The normalized spacial score (nSPS) is 20.5. The van der Waals surface area contributed by atoms with Gasteiger partial charge in [0.15, 0.2) is 0 Å². The molecule has 1 aromatic carbocycles. The van der Waals surface area contributed by atoms with Crippen LogP contribution in [0, 0.1) is 11.3 Å². The van der Waals surface area contributed by atoms with Gasteiger partial charge in [0.2, 0.25) is 5.91 Å². The highest BCUT2D eigenvalue weighted by Gasteiger charge is 2.26. The van der Waals surface area contributed by atoms with Crippen molar-refractivity contribution in [3.05, 3.63) is 29.8 Å². The standard InChI is InChI=1S/C16H21N3OS/c1-3-15-11-19(7-8-21-15)12(2)16(20)18-14-6-4-5-13(9-14)10-17/h4-6,9,12,15H,3,7-8,11H2,1-2H3,(H,18,20). The van der Waals surface area contributed by atoms with E-state index in [2.05, 4.69) is 23.2 Å². The summed E-state index contributed by atoms with van der Waals surface area (Å²) in [5.41, 5.74) is 1.24. The highest BCUT2D eigenvalue weighted by molar-refractivity contribution is 8.00. The van der Waals surface area contributed by atoms with Crippen molar-refractivity contribution >= 4 is 23.4 Å². The van der Waals surface area contributed by atoms with Gasteiger partial charge in [-0.2, -0.15) is 17.0 Å². The molecule has 0 radical (unpaired) electrons. The molecule has 1 aliphatic rings. The summed E-state index contributed by atoms with van der Waals surface area (Å²) in [4.78, 5) is 14.6. The first-order valence-corrected chi connectivity index (χ1v) is 8.35. The molecule has 2 atom stereocenters. The molecule has 0 saturated carbocycles. The van der Waals surface area contributed by atoms with Gasteiger partial charge < -0.3 is 5.32 Å². The molecule has 2 unspecified atom stereocenters. The molecular formula is C16H21N3OS. The average Bonchev–Trinajstić information content (AvgIpc) is 2.54. The van der Waals surface area contributed by atoms with Crippen LogP contribution in [0.5, 0.6) is 0 Å². The van der Waals surface area contributed by atoms with Crippen molar-refractivity contribution in [3.8, 4) is 6.07 Å². The highest BCUT2D eigenvalue weighted by atomic mass is 32.2. The molecule has 2 rings (SSSR count). The van der Waals surface area contributed by atoms with Crippen molar-refractivity contribution in [2.75, 3.05) is 24.2 Å². The SMILES string of the molecule is CCC1CN(C(C)C(=O)Nc2cccc(C#N)c2)CCS1. The number of thioether (sulfide) groups is 1. The average molecular weight is 303 g/mol. The van der Waals surface area contributed by atoms with Crippen LogP contribution in [0.4, 0.5) is 5.69 Å². The fraction of sp³-hybridized carbons (Fsp3) is 0.500. The maximum atomic E-state index is 12.4. The second-order valence-corrected chi connectivity index (χ2v) is 6.66. The van der Waals surface area contributed by atoms with Gasteiger partial charge in [-0.25, -0.2) is 0 Å². The zero-order chi connectivity index (χ0) is 15.2. The smallest absolute Gasteiger partial charge is 0.241 e. The lowest BCUT2D eigenvalue weighted by molar-refractivity contribution is -0.120. The van der Waals surface area contributed by atoms with Crippen LogP contribution in [0.15, 0.2) is 24.3 Å². The fourth-order valence-electron chi connectivity index (χ4n) is 2.42. The predicted molar refractivity (Wildman–Crippen MR) is 87.4 cm³/mol. The van der Waals surface area contributed by atoms with E-state index in [-0.39, 0.29) is 11.9 Å². The Bertz CT molecular complexity index is 541. The van der Waals surface area contributed by atoms with Crippen LogP contribution in [0.25, 0.3) is 0 Å². The first-order chi connectivity index (χ1) is 10.1. The first-order valence-electron chi connectivity index (χ1n) is 7.30. The van der Waals surface area contributed by atoms with E-state index in [9.17, 15) is 4.79 Å². The number of nitrogens with one attached hydrogen (secondary N) is 1. The molecule has 4 nitrogen and oxygen atoms in total. The zero-order valence-corrected chi connectivity index (χ0v) is 13.3. The Balaban J connectivity index is 1.97. The molecule has 0 bridgehead atoms. The van der Waals surface area contributed by atoms with E-state index in [0.717, 1.165) is 25.3 Å². The monoisotopic (exact) mass is 303 g/mol. The van der Waals surface area contributed by atoms with Gasteiger partial charge >= 0.3 is 0 Å². The van der Waals surface area contributed by atoms with Crippen molar-refractivity contribution in [2.45, 2.75) is 31.6 Å². The van der Waals surface area contributed by atoms with E-state index in [1.165, 1.54) is 0 Å². The zero-order valence-electron chi connectivity index (χ0n) is 12.5. The van der Waals surface area contributed by atoms with E-state index in [0.29, 0.717) is 16.5 Å². The van der Waals surface area contributed by atoms with E-state index < -0.39 is 0 Å². The Morgan fingerprint density at radius 1 is 1.62 bits per heavy atom. The minimum Gasteiger partial charge on any atom is -0.325 e. The summed E-state index contributed by atoms with van der Waals surface area (Å²) in [6.07, 6.45) is 1.14. The molecule has 0 aromatic heterocycles. The largest absolute Gasteiger partial charge is 0.325 e. The van der Waals surface area contributed by atoms with Gasteiger partial charge in [0.1, 0.15) is 0 Å². The number of nitrogens with zero attached hydrogens (tertiary/aromatic N) is 2. The van der Waals surface area contributed by atoms with E-state index in [4.69, 9.17) is 5.26 Å². The predicted octanol–water partition coefficient (Wildman–Crippen LogP) is 2.71. The molecule has 1 saturated heterocycles. The van der Waals surface area contributed by atoms with Gasteiger partial charge in [0.05, 0.1) is 17.7 Å². The third-order valence-electron chi connectivity index (χ3n) is 3.81. The van der Waals surface area contributed by atoms with Gasteiger partial charge in [-0.1, -0.05) is 13.0 Å². The highest BCUT2D eigenvalue weighted by Crippen LogP contribution is 2.23. The number of rotatable bonds is 4. The molecule has 21 heavy (non-hydrogen) atoms. The number of hydrogen-bond donors (Lipinski definition) is 1. The Morgan fingerprint density at radius 3 is 3.14 bits per heavy atom. The van der Waals surface area contributed by atoms with Gasteiger partial charge in [-0.05, 0) is 31.5 Å². The molecule has 0 spiro atoms. The van der Waals surface area contributed by atoms with Crippen LogP contribution in [0.3, 0.4) is 0 Å². The summed E-state index contributed by atoms with van der Waals surface area (Å²) in [6.45, 7) is 6.06. The van der Waals surface area contributed by atoms with Crippen LogP contribution in [0.2, 0.25) is 0 Å². The second kappa shape index (κ2) is 7.48. The van der Waals surface area contributed by atoms with Crippen LogP contribution >= 0.6 is 11.8 Å². The van der Waals surface area contributed by atoms with Gasteiger partial charge in [-0.15, -0.1) is 0 Å². The Labute approximate surface area is 130 Å². The van der Waals surface area contributed by atoms with Crippen molar-refractivity contribution in [3.63, 3.8) is 0 Å². The molecule has 112 valence electrons. The Morgan fingerprint density at radius 2 is 2.43 bits per heavy atom. The number of carbonyl (C=O) groups is 1. The van der Waals surface area contributed by atoms with Crippen molar-refractivity contribution in [1.82, 2.24) is 4.90 Å². The third kappa shape index (κ3) is 4.23. The topological polar surface area (TPSA) is 56.1 Å². The molecular weight excluding hydrogens is 282 g/mol. The molecule has 1 fully saturated rings. The van der Waals surface area contributed by atoms with Gasteiger partial charge in [0, 0.05) is 29.8 Å². The minimum atomic E-state index is -0.148. The number of nitriles is 1. The van der Waals surface area contributed by atoms with Gasteiger partial charge in [-0.3, -0.25) is 9.69 Å². The lowest BCUT2D eigenvalue weighted by atomic mass is 10.2. The quantitative estimate of drug-likeness (QED) is 0.929. The summed E-state index contributed by atoms with van der Waals surface area (Å²) in [6, 6.07) is 8.96. The maximum absolute atomic E-state index is 12.4. The van der Waals surface area contributed by atoms with Crippen LogP contribution < -0.4 is 5.32 Å². The van der Waals surface area contributed by atoms with Crippen molar-refractivity contribution < 1.29 is 4.79 Å². The molecule has 1 amide bonds. The van der Waals surface area contributed by atoms with Crippen LogP contribution in [0.1, 0.15) is 25.8 Å². The van der Waals surface area contributed by atoms with E-state index in [1.807, 2.05) is 24.8 Å². The second-order valence-electron chi connectivity index (χ2n) is 5.25. The third-order valence-corrected chi connectivity index (χ3v) is 5.18. The van der Waals surface area contributed by atoms with Crippen molar-refractivity contribution in [2.24, 2.45) is 0 Å². The number of anilines is 1. The molecule has 1 heterocycles. The lowest BCUT2D eigenvalue weighted by Gasteiger charge is -2.35. The summed E-state index contributed by atoms with van der Waals surface area (Å²) in [5.74, 6) is 1.08. The molecule has 5 heteroatoms. The Kier molecular flexibility index (Phi) is 5.66. The maximum Gasteiger partial charge on any atom is 0.241 e. The van der Waals surface area contributed by atoms with E-state index in [1.54, 1.807) is 18.2 Å². The molecule has 1 N–H and O–H groups in total. The summed E-state index contributed by atoms with van der Waals surface area (Å²) in [5, 5.41) is 12.4. The van der Waals surface area contributed by atoms with Crippen molar-refractivity contribution in [1.29, 1.82) is 5.26 Å². The number of carbonyl (C=O) groups excluding carboxylic acids is 1. The number of amides is 1. The minimum absolute atomic E-state index is 0.00755. The molecule has 1 aliphatic heterocycles. The molecule has 0 aliphatic carbocycles. The number of hydrogen-bond acceptors (Lipinski definition) is 4. The van der Waals surface area contributed by atoms with E-state index >= 15 is 0 Å². The lowest BCUT2D eigenvalue weighted by Crippen LogP contribution is -2.48. The fourth-order valence-corrected chi connectivity index (χ4v) is 3.63. The van der Waals surface area contributed by atoms with Crippen LogP contribution in [-0.2, 0) is 4.79 Å². The summed E-state index contributed by atoms with van der Waals surface area (Å²) >= 11 is 2.00. The Hall–Kier alpha value is -1.51. The number of benzene rings is 1.